The number of nitrogens with one attached hydrogen (secondary N) is 1. The van der Waals surface area contributed by atoms with Gasteiger partial charge < -0.3 is 14.8 Å². The molecule has 0 bridgehead atoms. The molecule has 7 nitrogen and oxygen atoms in total. The average Bonchev–Trinajstić information content (AvgIpc) is 2.90. The minimum absolute atomic E-state index is 0.237. The van der Waals surface area contributed by atoms with Crippen LogP contribution in [0.4, 0.5) is 0 Å². The minimum atomic E-state index is -0.239. The fourth-order valence-electron chi connectivity index (χ4n) is 3.35. The number of carbonyl (C=O) groups excluding carboxylic acids is 2. The Kier molecular flexibility index (Phi) is 9.50. The molecule has 2 aromatic rings. The normalized spacial score (nSPS) is 16.0. The second kappa shape index (κ2) is 12.8. The third-order valence-electron chi connectivity index (χ3n) is 5.13. The molecule has 7 heteroatoms. The van der Waals surface area contributed by atoms with Gasteiger partial charge in [-0.05, 0) is 11.1 Å². The highest BCUT2D eigenvalue weighted by molar-refractivity contribution is 5.72. The van der Waals surface area contributed by atoms with E-state index in [2.05, 4.69) is 15.1 Å². The first-order chi connectivity index (χ1) is 15.2. The summed E-state index contributed by atoms with van der Waals surface area (Å²) in [5.41, 5.74) is 1.95. The summed E-state index contributed by atoms with van der Waals surface area (Å²) in [5, 5.41) is 3.36. The van der Waals surface area contributed by atoms with Crippen molar-refractivity contribution in [3.05, 3.63) is 71.8 Å². The van der Waals surface area contributed by atoms with Gasteiger partial charge in [-0.2, -0.15) is 0 Å². The summed E-state index contributed by atoms with van der Waals surface area (Å²) in [7, 11) is 0. The Morgan fingerprint density at radius 1 is 0.677 bits per heavy atom. The fraction of sp³-hybridized carbons (Fsp3) is 0.417. The summed E-state index contributed by atoms with van der Waals surface area (Å²) in [6.45, 7) is 5.51. The topological polar surface area (TPSA) is 71.1 Å². The van der Waals surface area contributed by atoms with Gasteiger partial charge in [0, 0.05) is 39.3 Å². The molecule has 0 saturated carbocycles. The van der Waals surface area contributed by atoms with Crippen LogP contribution in [0.2, 0.25) is 0 Å². The van der Waals surface area contributed by atoms with Crippen LogP contribution in [0.3, 0.4) is 0 Å². The van der Waals surface area contributed by atoms with E-state index in [4.69, 9.17) is 9.47 Å². The highest BCUT2D eigenvalue weighted by Crippen LogP contribution is 2.04. The van der Waals surface area contributed by atoms with E-state index in [0.29, 0.717) is 13.1 Å². The number of hydrogen-bond donors (Lipinski definition) is 1. The van der Waals surface area contributed by atoms with E-state index >= 15 is 0 Å². The van der Waals surface area contributed by atoms with Crippen molar-refractivity contribution in [1.29, 1.82) is 0 Å². The van der Waals surface area contributed by atoms with E-state index in [1.54, 1.807) is 0 Å². The van der Waals surface area contributed by atoms with Crippen LogP contribution in [0.25, 0.3) is 0 Å². The molecule has 0 amide bonds. The third kappa shape index (κ3) is 8.88. The molecule has 0 aliphatic carbocycles. The molecule has 3 rings (SSSR count). The van der Waals surface area contributed by atoms with Crippen LogP contribution < -0.4 is 5.32 Å². The van der Waals surface area contributed by atoms with Gasteiger partial charge in [0.2, 0.25) is 0 Å². The summed E-state index contributed by atoms with van der Waals surface area (Å²) < 4.78 is 10.8. The van der Waals surface area contributed by atoms with E-state index in [-0.39, 0.29) is 38.2 Å². The molecule has 0 aromatic heterocycles. The van der Waals surface area contributed by atoms with Crippen molar-refractivity contribution in [3.63, 3.8) is 0 Å². The molecular formula is C24H31N3O4. The lowest BCUT2D eigenvalue weighted by molar-refractivity contribution is -0.148. The largest absolute Gasteiger partial charge is 0.460 e. The Morgan fingerprint density at radius 3 is 1.52 bits per heavy atom. The Balaban J connectivity index is 1.41. The number of benzene rings is 2. The van der Waals surface area contributed by atoms with Crippen molar-refractivity contribution >= 4 is 11.9 Å². The standard InChI is InChI=1S/C24H31N3O4/c28-23(30-19-21-7-3-1-4-8-21)17-26-13-11-25-12-14-27(16-15-26)18-24(29)31-20-22-9-5-2-6-10-22/h1-10,25H,11-20H2. The number of hydrogen-bond acceptors (Lipinski definition) is 7. The van der Waals surface area contributed by atoms with Crippen molar-refractivity contribution in [2.24, 2.45) is 0 Å². The highest BCUT2D eigenvalue weighted by Gasteiger charge is 2.18. The molecule has 0 spiro atoms. The maximum atomic E-state index is 12.3. The molecule has 1 aliphatic rings. The third-order valence-corrected chi connectivity index (χ3v) is 5.13. The van der Waals surface area contributed by atoms with Gasteiger partial charge in [0.15, 0.2) is 0 Å². The smallest absolute Gasteiger partial charge is 0.320 e. The molecule has 31 heavy (non-hydrogen) atoms. The van der Waals surface area contributed by atoms with Crippen molar-refractivity contribution < 1.29 is 19.1 Å². The van der Waals surface area contributed by atoms with Crippen LogP contribution in [0.15, 0.2) is 60.7 Å². The minimum Gasteiger partial charge on any atom is -0.460 e. The quantitative estimate of drug-likeness (QED) is 0.645. The van der Waals surface area contributed by atoms with Gasteiger partial charge in [0.05, 0.1) is 13.1 Å². The van der Waals surface area contributed by atoms with E-state index in [1.165, 1.54) is 0 Å². The van der Waals surface area contributed by atoms with Crippen LogP contribution in [-0.4, -0.2) is 74.1 Å². The number of nitrogens with zero attached hydrogens (tertiary/aromatic N) is 2. The first kappa shape index (κ1) is 22.9. The molecule has 2 aromatic carbocycles. The van der Waals surface area contributed by atoms with Crippen LogP contribution >= 0.6 is 0 Å². The molecule has 0 radical (unpaired) electrons. The summed E-state index contributed by atoms with van der Waals surface area (Å²) in [6.07, 6.45) is 0. The van der Waals surface area contributed by atoms with Gasteiger partial charge in [-0.1, -0.05) is 60.7 Å². The molecule has 1 heterocycles. The van der Waals surface area contributed by atoms with Crippen molar-refractivity contribution in [3.8, 4) is 0 Å². The molecule has 166 valence electrons. The molecular weight excluding hydrogens is 394 g/mol. The second-order valence-corrected chi connectivity index (χ2v) is 7.59. The average molecular weight is 426 g/mol. The predicted molar refractivity (Wildman–Crippen MR) is 118 cm³/mol. The second-order valence-electron chi connectivity index (χ2n) is 7.59. The van der Waals surface area contributed by atoms with E-state index in [1.807, 2.05) is 60.7 Å². The summed E-state index contributed by atoms with van der Waals surface area (Å²) in [6, 6.07) is 19.3. The zero-order valence-corrected chi connectivity index (χ0v) is 17.9. The van der Waals surface area contributed by atoms with Crippen LogP contribution in [0.5, 0.6) is 0 Å². The lowest BCUT2D eigenvalue weighted by Gasteiger charge is -2.24. The first-order valence-corrected chi connectivity index (χ1v) is 10.7. The summed E-state index contributed by atoms with van der Waals surface area (Å²) in [5.74, 6) is -0.478. The zero-order valence-electron chi connectivity index (χ0n) is 17.9. The van der Waals surface area contributed by atoms with Gasteiger partial charge in [-0.25, -0.2) is 0 Å². The lowest BCUT2D eigenvalue weighted by Crippen LogP contribution is -2.41. The van der Waals surface area contributed by atoms with Crippen molar-refractivity contribution in [2.75, 3.05) is 52.4 Å². The molecule has 0 atom stereocenters. The lowest BCUT2D eigenvalue weighted by atomic mass is 10.2. The van der Waals surface area contributed by atoms with Crippen molar-refractivity contribution in [2.45, 2.75) is 13.2 Å². The number of rotatable bonds is 8. The van der Waals surface area contributed by atoms with Crippen LogP contribution in [0.1, 0.15) is 11.1 Å². The molecule has 1 aliphatic heterocycles. The van der Waals surface area contributed by atoms with Crippen LogP contribution in [-0.2, 0) is 32.3 Å². The molecule has 1 saturated heterocycles. The molecule has 0 unspecified atom stereocenters. The Labute approximate surface area is 183 Å². The maximum Gasteiger partial charge on any atom is 0.320 e. The highest BCUT2D eigenvalue weighted by atomic mass is 16.5. The van der Waals surface area contributed by atoms with Gasteiger partial charge in [-0.15, -0.1) is 0 Å². The Hall–Kier alpha value is -2.74. The fourth-order valence-corrected chi connectivity index (χ4v) is 3.35. The monoisotopic (exact) mass is 425 g/mol. The SMILES string of the molecule is O=C(CN1CCNCCN(CC(=O)OCc2ccccc2)CC1)OCc1ccccc1. The number of ether oxygens (including phenoxy) is 2. The van der Waals surface area contributed by atoms with Gasteiger partial charge in [-0.3, -0.25) is 19.4 Å². The zero-order chi connectivity index (χ0) is 21.7. The first-order valence-electron chi connectivity index (χ1n) is 10.7. The molecule has 1 N–H and O–H groups in total. The van der Waals surface area contributed by atoms with Gasteiger partial charge in [0.1, 0.15) is 13.2 Å². The number of carbonyl (C=O) groups is 2. The van der Waals surface area contributed by atoms with Crippen LogP contribution in [0, 0.1) is 0 Å². The van der Waals surface area contributed by atoms with E-state index in [0.717, 1.165) is 37.3 Å². The van der Waals surface area contributed by atoms with Gasteiger partial charge in [0.25, 0.3) is 0 Å². The van der Waals surface area contributed by atoms with E-state index in [9.17, 15) is 9.59 Å². The molecule has 1 fully saturated rings. The predicted octanol–water partition coefficient (Wildman–Crippen LogP) is 1.68. The maximum absolute atomic E-state index is 12.3. The Morgan fingerprint density at radius 2 is 1.10 bits per heavy atom. The Bertz CT molecular complexity index is 733. The van der Waals surface area contributed by atoms with E-state index < -0.39 is 0 Å². The van der Waals surface area contributed by atoms with Gasteiger partial charge >= 0.3 is 11.9 Å². The summed E-state index contributed by atoms with van der Waals surface area (Å²) >= 11 is 0. The number of esters is 2. The van der Waals surface area contributed by atoms with Crippen molar-refractivity contribution in [1.82, 2.24) is 15.1 Å². The summed E-state index contributed by atoms with van der Waals surface area (Å²) in [4.78, 5) is 28.7.